The van der Waals surface area contributed by atoms with Gasteiger partial charge in [-0.2, -0.15) is 0 Å². The normalized spacial score (nSPS) is 17.6. The zero-order valence-corrected chi connectivity index (χ0v) is 18.5. The molecule has 4 heteroatoms. The third kappa shape index (κ3) is 3.36. The minimum absolute atomic E-state index is 0.225. The molecule has 0 unspecified atom stereocenters. The molecule has 1 rings (SSSR count). The Balaban J connectivity index is 3.57. The summed E-state index contributed by atoms with van der Waals surface area (Å²) in [5, 5.41) is 0. The molecule has 22 heavy (non-hydrogen) atoms. The quantitative estimate of drug-likeness (QED) is 0.591. The standard InChI is InChI=1S/C9H13.3C3H8N.Zr/c1-8(2)7-9-5-3-4-6-9;3*1-3-4-2;/h3-6,8H,7H2,1-2H3;3*3H2,1-2H3;/q;3*-1;+3. The van der Waals surface area contributed by atoms with Crippen LogP contribution in [0.4, 0.5) is 0 Å². The Morgan fingerprint density at radius 1 is 0.818 bits per heavy atom. The number of allylic oxidation sites excluding steroid dienone is 4. The zero-order chi connectivity index (χ0) is 17.0. The van der Waals surface area contributed by atoms with Crippen molar-refractivity contribution in [1.29, 1.82) is 0 Å². The summed E-state index contributed by atoms with van der Waals surface area (Å²) in [5.41, 5.74) is 0. The van der Waals surface area contributed by atoms with E-state index in [0.29, 0.717) is 5.92 Å². The molecule has 0 spiro atoms. The minimum atomic E-state index is -3.04. The fourth-order valence-corrected chi connectivity index (χ4v) is 20.3. The van der Waals surface area contributed by atoms with Crippen LogP contribution in [-0.4, -0.2) is 49.3 Å². The van der Waals surface area contributed by atoms with Crippen LogP contribution in [0.25, 0.3) is 0 Å². The van der Waals surface area contributed by atoms with E-state index in [1.54, 1.807) is 0 Å². The number of hydrogen-bond donors (Lipinski definition) is 0. The van der Waals surface area contributed by atoms with E-state index in [0.717, 1.165) is 19.6 Å². The van der Waals surface area contributed by atoms with Crippen molar-refractivity contribution in [2.45, 2.75) is 44.2 Å². The Morgan fingerprint density at radius 2 is 1.18 bits per heavy atom. The van der Waals surface area contributed by atoms with Crippen molar-refractivity contribution >= 4 is 0 Å². The van der Waals surface area contributed by atoms with Gasteiger partial charge in [0.15, 0.2) is 0 Å². The van der Waals surface area contributed by atoms with Crippen LogP contribution in [-0.2, 0) is 21.1 Å². The molecule has 0 N–H and O–H groups in total. The molecule has 0 saturated heterocycles. The zero-order valence-electron chi connectivity index (χ0n) is 16.1. The van der Waals surface area contributed by atoms with Crippen molar-refractivity contribution in [3.05, 3.63) is 24.3 Å². The molecular formula is C18H37N3Zr. The van der Waals surface area contributed by atoms with E-state index >= 15 is 0 Å². The first-order valence-electron chi connectivity index (χ1n) is 8.83. The molecule has 0 radical (unpaired) electrons. The summed E-state index contributed by atoms with van der Waals surface area (Å²) in [6.45, 7) is 15.0. The van der Waals surface area contributed by atoms with Crippen LogP contribution in [0.5, 0.6) is 0 Å². The van der Waals surface area contributed by atoms with E-state index in [1.807, 2.05) is 0 Å². The molecule has 0 aromatic rings. The average molecular weight is 387 g/mol. The van der Waals surface area contributed by atoms with Gasteiger partial charge in [-0.15, -0.1) is 0 Å². The second kappa shape index (κ2) is 8.37. The van der Waals surface area contributed by atoms with Gasteiger partial charge in [0.2, 0.25) is 0 Å². The Labute approximate surface area is 144 Å². The van der Waals surface area contributed by atoms with Crippen molar-refractivity contribution < 1.29 is 21.1 Å². The first-order chi connectivity index (χ1) is 10.3. The summed E-state index contributed by atoms with van der Waals surface area (Å²) in [6, 6.07) is 0. The molecule has 0 aromatic heterocycles. The third-order valence-corrected chi connectivity index (χ3v) is 19.9. The molecule has 0 aliphatic heterocycles. The van der Waals surface area contributed by atoms with Crippen LogP contribution in [0, 0.1) is 5.92 Å². The van der Waals surface area contributed by atoms with Crippen LogP contribution in [0.3, 0.4) is 0 Å². The van der Waals surface area contributed by atoms with E-state index in [9.17, 15) is 0 Å². The van der Waals surface area contributed by atoms with Gasteiger partial charge in [0.05, 0.1) is 0 Å². The van der Waals surface area contributed by atoms with Gasteiger partial charge in [-0.3, -0.25) is 0 Å². The van der Waals surface area contributed by atoms with Gasteiger partial charge in [0.1, 0.15) is 0 Å². The predicted octanol–water partition coefficient (Wildman–Crippen LogP) is 4.07. The molecule has 0 saturated carbocycles. The molecule has 128 valence electrons. The van der Waals surface area contributed by atoms with Crippen LogP contribution >= 0.6 is 0 Å². The maximum atomic E-state index is 2.73. The van der Waals surface area contributed by atoms with E-state index in [1.165, 1.54) is 6.42 Å². The number of rotatable bonds is 9. The molecule has 0 aromatic carbocycles. The Morgan fingerprint density at radius 3 is 1.45 bits per heavy atom. The molecule has 1 aliphatic rings. The van der Waals surface area contributed by atoms with E-state index in [2.05, 4.69) is 88.6 Å². The van der Waals surface area contributed by atoms with Gasteiger partial charge in [0.25, 0.3) is 0 Å². The molecule has 0 atom stereocenters. The van der Waals surface area contributed by atoms with Crippen LogP contribution in [0.1, 0.15) is 41.0 Å². The van der Waals surface area contributed by atoms with Gasteiger partial charge in [0, 0.05) is 0 Å². The van der Waals surface area contributed by atoms with Crippen LogP contribution < -0.4 is 0 Å². The average Bonchev–Trinajstić information content (AvgIpc) is 2.95. The molecular weight excluding hydrogens is 349 g/mol. The Kier molecular flexibility index (Phi) is 7.72. The fourth-order valence-electron chi connectivity index (χ4n) is 4.28. The number of hydrogen-bond acceptors (Lipinski definition) is 3. The van der Waals surface area contributed by atoms with E-state index in [4.69, 9.17) is 0 Å². The topological polar surface area (TPSA) is 9.72 Å². The Hall–Kier alpha value is 0.243. The van der Waals surface area contributed by atoms with Crippen molar-refractivity contribution in [3.8, 4) is 0 Å². The first kappa shape index (κ1) is 20.3. The van der Waals surface area contributed by atoms with Crippen LogP contribution in [0.2, 0.25) is 3.12 Å². The van der Waals surface area contributed by atoms with Gasteiger partial charge < -0.3 is 0 Å². The second-order valence-corrected chi connectivity index (χ2v) is 18.1. The number of nitrogens with zero attached hydrogens (tertiary/aromatic N) is 3. The second-order valence-electron chi connectivity index (χ2n) is 7.03. The first-order valence-corrected chi connectivity index (χ1v) is 13.4. The van der Waals surface area contributed by atoms with Gasteiger partial charge >= 0.3 is 145 Å². The van der Waals surface area contributed by atoms with Gasteiger partial charge in [-0.05, 0) is 0 Å². The summed E-state index contributed by atoms with van der Waals surface area (Å²) in [5.74, 6) is 0.698. The molecule has 0 bridgehead atoms. The van der Waals surface area contributed by atoms with E-state index in [-0.39, 0.29) is 3.12 Å². The van der Waals surface area contributed by atoms with Gasteiger partial charge in [-0.1, -0.05) is 0 Å². The fraction of sp³-hybridized carbons (Fsp3) is 0.778. The van der Waals surface area contributed by atoms with Crippen molar-refractivity contribution in [2.75, 3.05) is 40.8 Å². The summed E-state index contributed by atoms with van der Waals surface area (Å²) in [4.78, 5) is 0. The van der Waals surface area contributed by atoms with Crippen LogP contribution in [0.15, 0.2) is 24.3 Å². The SMILES string of the molecule is CC[N](C)[Zr]([N](C)CC)([N](C)CC)[C]1(CC(C)C)C=CC=C1. The summed E-state index contributed by atoms with van der Waals surface area (Å²) in [6.07, 6.45) is 10.9. The molecule has 0 amide bonds. The van der Waals surface area contributed by atoms with E-state index < -0.39 is 21.1 Å². The van der Waals surface area contributed by atoms with Crippen molar-refractivity contribution in [3.63, 3.8) is 0 Å². The molecule has 1 aliphatic carbocycles. The predicted molar refractivity (Wildman–Crippen MR) is 95.3 cm³/mol. The maximum absolute atomic E-state index is 3.04. The summed E-state index contributed by atoms with van der Waals surface area (Å²) in [7, 11) is 7.07. The molecule has 3 nitrogen and oxygen atoms in total. The molecule has 0 fully saturated rings. The van der Waals surface area contributed by atoms with Gasteiger partial charge in [-0.25, -0.2) is 0 Å². The third-order valence-electron chi connectivity index (χ3n) is 5.29. The van der Waals surface area contributed by atoms with Crippen molar-refractivity contribution in [1.82, 2.24) is 8.53 Å². The summed E-state index contributed by atoms with van der Waals surface area (Å²) < 4.78 is 8.40. The monoisotopic (exact) mass is 385 g/mol. The molecule has 0 heterocycles. The summed E-state index contributed by atoms with van der Waals surface area (Å²) >= 11 is -3.04. The van der Waals surface area contributed by atoms with Crippen molar-refractivity contribution in [2.24, 2.45) is 5.92 Å². The Bertz CT molecular complexity index is 365.